The van der Waals surface area contributed by atoms with Crippen LogP contribution in [0.1, 0.15) is 66.7 Å². The van der Waals surface area contributed by atoms with Gasteiger partial charge >= 0.3 is 0 Å². The van der Waals surface area contributed by atoms with Crippen LogP contribution in [0.4, 0.5) is 0 Å². The summed E-state index contributed by atoms with van der Waals surface area (Å²) in [6.45, 7) is 9.46. The van der Waals surface area contributed by atoms with E-state index >= 15 is 0 Å². The number of rotatable bonds is 7. The Kier molecular flexibility index (Phi) is 8.05. The molecule has 0 spiro atoms. The number of hydrogen-bond donors (Lipinski definition) is 1. The molecule has 1 amide bonds. The van der Waals surface area contributed by atoms with Crippen molar-refractivity contribution in [2.75, 3.05) is 39.8 Å². The maximum atomic E-state index is 13.0. The van der Waals surface area contributed by atoms with Crippen molar-refractivity contribution in [2.45, 2.75) is 58.0 Å². The average molecular weight is 449 g/mol. The van der Waals surface area contributed by atoms with Gasteiger partial charge in [-0.1, -0.05) is 49.6 Å². The van der Waals surface area contributed by atoms with Crippen molar-refractivity contribution in [2.24, 2.45) is 0 Å². The SMILES string of the molecule is Cc1cc(/C=C/C(=O)NC(CN2CCN(C)CC2)c2ccccc2)c(C)n1C1CCCCC1. The molecule has 0 radical (unpaired) electrons. The number of likely N-dealkylation sites (N-methyl/N-ethyl adjacent to an activating group) is 1. The van der Waals surface area contributed by atoms with E-state index in [1.54, 1.807) is 6.08 Å². The highest BCUT2D eigenvalue weighted by atomic mass is 16.1. The van der Waals surface area contributed by atoms with Gasteiger partial charge in [0.25, 0.3) is 0 Å². The minimum atomic E-state index is -0.0274. The lowest BCUT2D eigenvalue weighted by Crippen LogP contribution is -2.47. The van der Waals surface area contributed by atoms with Crippen molar-refractivity contribution >= 4 is 12.0 Å². The van der Waals surface area contributed by atoms with Crippen LogP contribution in [0.2, 0.25) is 0 Å². The number of benzene rings is 1. The highest BCUT2D eigenvalue weighted by Gasteiger charge is 2.22. The van der Waals surface area contributed by atoms with Gasteiger partial charge in [0.05, 0.1) is 6.04 Å². The first-order valence-electron chi connectivity index (χ1n) is 12.6. The first kappa shape index (κ1) is 23.8. The molecule has 1 saturated heterocycles. The molecule has 4 rings (SSSR count). The van der Waals surface area contributed by atoms with Crippen LogP contribution in [-0.4, -0.2) is 60.0 Å². The first-order chi connectivity index (χ1) is 16.0. The van der Waals surface area contributed by atoms with Crippen molar-refractivity contribution in [3.05, 3.63) is 65.0 Å². The summed E-state index contributed by atoms with van der Waals surface area (Å²) in [6.07, 6.45) is 10.3. The van der Waals surface area contributed by atoms with E-state index in [1.807, 2.05) is 12.1 Å². The van der Waals surface area contributed by atoms with E-state index in [-0.39, 0.29) is 11.9 Å². The first-order valence-corrected chi connectivity index (χ1v) is 12.6. The molecule has 1 saturated carbocycles. The topological polar surface area (TPSA) is 40.5 Å². The lowest BCUT2D eigenvalue weighted by Gasteiger charge is -2.34. The highest BCUT2D eigenvalue weighted by Crippen LogP contribution is 2.32. The van der Waals surface area contributed by atoms with Gasteiger partial charge in [0, 0.05) is 56.2 Å². The maximum absolute atomic E-state index is 13.0. The molecule has 2 fully saturated rings. The zero-order valence-corrected chi connectivity index (χ0v) is 20.6. The number of aryl methyl sites for hydroxylation is 1. The Bertz CT molecular complexity index is 934. The third-order valence-electron chi connectivity index (χ3n) is 7.43. The van der Waals surface area contributed by atoms with Gasteiger partial charge in [-0.15, -0.1) is 0 Å². The monoisotopic (exact) mass is 448 g/mol. The summed E-state index contributed by atoms with van der Waals surface area (Å²) in [5.74, 6) is -0.0274. The van der Waals surface area contributed by atoms with Gasteiger partial charge < -0.3 is 14.8 Å². The van der Waals surface area contributed by atoms with Crippen LogP contribution < -0.4 is 5.32 Å². The Balaban J connectivity index is 1.44. The van der Waals surface area contributed by atoms with E-state index in [4.69, 9.17) is 0 Å². The van der Waals surface area contributed by atoms with Crippen molar-refractivity contribution in [1.29, 1.82) is 0 Å². The molecule has 2 heterocycles. The summed E-state index contributed by atoms with van der Waals surface area (Å²) in [6, 6.07) is 13.2. The second kappa shape index (κ2) is 11.2. The largest absolute Gasteiger partial charge is 0.346 e. The molecule has 1 aromatic heterocycles. The number of amides is 1. The third kappa shape index (κ3) is 6.15. The fourth-order valence-electron chi connectivity index (χ4n) is 5.47. The van der Waals surface area contributed by atoms with Crippen LogP contribution in [0.15, 0.2) is 42.5 Å². The normalized spacial score (nSPS) is 19.7. The Labute approximate surface area is 199 Å². The van der Waals surface area contributed by atoms with Gasteiger partial charge in [-0.05, 0) is 57.0 Å². The second-order valence-corrected chi connectivity index (χ2v) is 9.90. The van der Waals surface area contributed by atoms with Crippen LogP contribution in [0.3, 0.4) is 0 Å². The fourth-order valence-corrected chi connectivity index (χ4v) is 5.47. The van der Waals surface area contributed by atoms with Gasteiger partial charge in [0.2, 0.25) is 5.91 Å². The molecule has 33 heavy (non-hydrogen) atoms. The van der Waals surface area contributed by atoms with Crippen molar-refractivity contribution < 1.29 is 4.79 Å². The summed E-state index contributed by atoms with van der Waals surface area (Å²) < 4.78 is 2.50. The van der Waals surface area contributed by atoms with Crippen molar-refractivity contribution in [1.82, 2.24) is 19.7 Å². The minimum Gasteiger partial charge on any atom is -0.346 e. The predicted octanol–water partition coefficient (Wildman–Crippen LogP) is 4.73. The maximum Gasteiger partial charge on any atom is 0.244 e. The zero-order valence-electron chi connectivity index (χ0n) is 20.6. The molecule has 5 heteroatoms. The van der Waals surface area contributed by atoms with Crippen LogP contribution in [0.25, 0.3) is 6.08 Å². The molecular formula is C28H40N4O. The Morgan fingerprint density at radius 2 is 1.76 bits per heavy atom. The van der Waals surface area contributed by atoms with E-state index in [9.17, 15) is 4.79 Å². The van der Waals surface area contributed by atoms with E-state index < -0.39 is 0 Å². The molecule has 1 aliphatic heterocycles. The molecule has 1 atom stereocenters. The van der Waals surface area contributed by atoms with Gasteiger partial charge in [-0.25, -0.2) is 0 Å². The molecular weight excluding hydrogens is 408 g/mol. The quantitative estimate of drug-likeness (QED) is 0.623. The molecule has 1 unspecified atom stereocenters. The molecule has 2 aliphatic rings. The number of carbonyl (C=O) groups excluding carboxylic acids is 1. The predicted molar refractivity (Wildman–Crippen MR) is 136 cm³/mol. The van der Waals surface area contributed by atoms with Gasteiger partial charge in [0.15, 0.2) is 0 Å². The summed E-state index contributed by atoms with van der Waals surface area (Å²) in [5.41, 5.74) is 4.90. The Morgan fingerprint density at radius 3 is 2.45 bits per heavy atom. The third-order valence-corrected chi connectivity index (χ3v) is 7.43. The van der Waals surface area contributed by atoms with Gasteiger partial charge in [-0.3, -0.25) is 9.69 Å². The Morgan fingerprint density at radius 1 is 1.06 bits per heavy atom. The van der Waals surface area contributed by atoms with E-state index in [0.717, 1.165) is 43.9 Å². The van der Waals surface area contributed by atoms with E-state index in [0.29, 0.717) is 6.04 Å². The number of aromatic nitrogens is 1. The van der Waals surface area contributed by atoms with Gasteiger partial charge in [0.1, 0.15) is 0 Å². The number of hydrogen-bond acceptors (Lipinski definition) is 3. The van der Waals surface area contributed by atoms with Crippen molar-refractivity contribution in [3.63, 3.8) is 0 Å². The lowest BCUT2D eigenvalue weighted by molar-refractivity contribution is -0.117. The summed E-state index contributed by atoms with van der Waals surface area (Å²) in [4.78, 5) is 17.8. The summed E-state index contributed by atoms with van der Waals surface area (Å²) in [5, 5.41) is 3.28. The smallest absolute Gasteiger partial charge is 0.244 e. The molecule has 1 N–H and O–H groups in total. The van der Waals surface area contributed by atoms with Crippen molar-refractivity contribution in [3.8, 4) is 0 Å². The van der Waals surface area contributed by atoms with Gasteiger partial charge in [-0.2, -0.15) is 0 Å². The number of nitrogens with zero attached hydrogens (tertiary/aromatic N) is 3. The molecule has 178 valence electrons. The van der Waals surface area contributed by atoms with E-state index in [2.05, 4.69) is 70.9 Å². The molecule has 2 aromatic rings. The number of piperazine rings is 1. The molecule has 5 nitrogen and oxygen atoms in total. The van der Waals surface area contributed by atoms with E-state index in [1.165, 1.54) is 43.5 Å². The molecule has 1 aliphatic carbocycles. The minimum absolute atomic E-state index is 0.0126. The number of carbonyl (C=O) groups is 1. The standard InChI is InChI=1S/C28H40N4O/c1-22-20-25(23(2)32(22)26-12-8-5-9-13-26)14-15-28(33)29-27(24-10-6-4-7-11-24)21-31-18-16-30(3)17-19-31/h4,6-7,10-11,14-15,20,26-27H,5,8-9,12-13,16-19,21H2,1-3H3,(H,29,33)/b15-14+. The average Bonchev–Trinajstić information content (AvgIpc) is 3.12. The van der Waals surface area contributed by atoms with Crippen LogP contribution >= 0.6 is 0 Å². The Hall–Kier alpha value is -2.37. The molecule has 1 aromatic carbocycles. The lowest BCUT2D eigenvalue weighted by atomic mass is 9.95. The summed E-state index contributed by atoms with van der Waals surface area (Å²) in [7, 11) is 2.17. The van der Waals surface area contributed by atoms with Crippen LogP contribution in [0, 0.1) is 13.8 Å². The van der Waals surface area contributed by atoms with Crippen LogP contribution in [0.5, 0.6) is 0 Å². The molecule has 0 bridgehead atoms. The zero-order chi connectivity index (χ0) is 23.2. The second-order valence-electron chi connectivity index (χ2n) is 9.90. The van der Waals surface area contributed by atoms with Crippen LogP contribution in [-0.2, 0) is 4.79 Å². The number of nitrogens with one attached hydrogen (secondary N) is 1. The highest BCUT2D eigenvalue weighted by molar-refractivity contribution is 5.92. The fraction of sp³-hybridized carbons (Fsp3) is 0.536. The summed E-state index contributed by atoms with van der Waals surface area (Å²) >= 11 is 0.